The van der Waals surface area contributed by atoms with Crippen molar-refractivity contribution in [2.24, 2.45) is 0 Å². The molecule has 0 amide bonds. The van der Waals surface area contributed by atoms with E-state index in [2.05, 4.69) is 12.7 Å². The Kier molecular flexibility index (Phi) is 11.9. The van der Waals surface area contributed by atoms with Gasteiger partial charge in [-0.05, 0) is 64.7 Å². The number of hydrogen-bond acceptors (Lipinski definition) is 4. The first kappa shape index (κ1) is 23.8. The zero-order chi connectivity index (χ0) is 20.1. The van der Waals surface area contributed by atoms with Crippen LogP contribution in [0.3, 0.4) is 0 Å². The Bertz CT molecular complexity index is 614. The molecular weight excluding hydrogens is 328 g/mol. The number of allylic oxidation sites excluding steroid dienone is 6. The number of ether oxygens (including phenoxy) is 1. The summed E-state index contributed by atoms with van der Waals surface area (Å²) in [6.45, 7) is 13.2. The monoisotopic (exact) mass is 360 g/mol. The zero-order valence-corrected chi connectivity index (χ0v) is 16.8. The lowest BCUT2D eigenvalue weighted by Gasteiger charge is -2.05. The maximum absolute atomic E-state index is 12.1. The average Bonchev–Trinajstić information content (AvgIpc) is 2.51. The molecule has 26 heavy (non-hydrogen) atoms. The van der Waals surface area contributed by atoms with Crippen molar-refractivity contribution >= 4 is 17.5 Å². The minimum absolute atomic E-state index is 0.0503. The van der Waals surface area contributed by atoms with Crippen LogP contribution in [0.5, 0.6) is 0 Å². The molecule has 0 fully saturated rings. The quantitative estimate of drug-likeness (QED) is 0.277. The van der Waals surface area contributed by atoms with Gasteiger partial charge in [0, 0.05) is 19.8 Å². The van der Waals surface area contributed by atoms with Gasteiger partial charge in [-0.1, -0.05) is 29.4 Å². The van der Waals surface area contributed by atoms with Crippen molar-refractivity contribution in [1.82, 2.24) is 0 Å². The fourth-order valence-corrected chi connectivity index (χ4v) is 2.22. The van der Waals surface area contributed by atoms with Gasteiger partial charge in [0.05, 0.1) is 0 Å². The largest absolute Gasteiger partial charge is 0.462 e. The lowest BCUT2D eigenvalue weighted by molar-refractivity contribution is -0.139. The molecule has 0 N–H and O–H groups in total. The van der Waals surface area contributed by atoms with Crippen LogP contribution in [0.4, 0.5) is 0 Å². The van der Waals surface area contributed by atoms with Crippen molar-refractivity contribution in [2.75, 3.05) is 6.61 Å². The van der Waals surface area contributed by atoms with Crippen LogP contribution in [0.25, 0.3) is 0 Å². The van der Waals surface area contributed by atoms with Crippen LogP contribution >= 0.6 is 0 Å². The van der Waals surface area contributed by atoms with Crippen molar-refractivity contribution in [2.45, 2.75) is 66.7 Å². The highest BCUT2D eigenvalue weighted by molar-refractivity contribution is 6.03. The van der Waals surface area contributed by atoms with Crippen molar-refractivity contribution in [3.05, 3.63) is 47.1 Å². The summed E-state index contributed by atoms with van der Waals surface area (Å²) in [4.78, 5) is 34.5. The molecule has 0 spiro atoms. The molecule has 0 heterocycles. The second-order valence-corrected chi connectivity index (χ2v) is 6.83. The van der Waals surface area contributed by atoms with Gasteiger partial charge in [0.25, 0.3) is 0 Å². The molecule has 0 bridgehead atoms. The highest BCUT2D eigenvalue weighted by Crippen LogP contribution is 2.13. The third kappa shape index (κ3) is 13.1. The minimum Gasteiger partial charge on any atom is -0.462 e. The number of hydrogen-bond donors (Lipinski definition) is 0. The zero-order valence-electron chi connectivity index (χ0n) is 16.8. The lowest BCUT2D eigenvalue weighted by atomic mass is 9.99. The van der Waals surface area contributed by atoms with E-state index in [1.807, 2.05) is 33.8 Å². The van der Waals surface area contributed by atoms with Gasteiger partial charge in [-0.25, -0.2) is 0 Å². The van der Waals surface area contributed by atoms with Crippen LogP contribution in [-0.4, -0.2) is 24.1 Å². The second kappa shape index (κ2) is 13.0. The smallest absolute Gasteiger partial charge is 0.302 e. The molecule has 4 heteroatoms. The first-order valence-electron chi connectivity index (χ1n) is 8.95. The highest BCUT2D eigenvalue weighted by Gasteiger charge is 2.10. The van der Waals surface area contributed by atoms with Gasteiger partial charge in [0.2, 0.25) is 0 Å². The van der Waals surface area contributed by atoms with Crippen LogP contribution in [0, 0.1) is 0 Å². The Labute approximate surface area is 157 Å². The van der Waals surface area contributed by atoms with E-state index >= 15 is 0 Å². The van der Waals surface area contributed by atoms with Gasteiger partial charge in [-0.3, -0.25) is 14.4 Å². The summed E-state index contributed by atoms with van der Waals surface area (Å²) in [6.07, 6.45) is 8.48. The summed E-state index contributed by atoms with van der Waals surface area (Å²) in [6, 6.07) is 0. The molecule has 0 aromatic carbocycles. The molecule has 144 valence electrons. The number of Topliss-reactive ketones (excluding diaryl/α,β-unsaturated/α-hetero) is 1. The fourth-order valence-electron chi connectivity index (χ4n) is 2.22. The molecule has 0 unspecified atom stereocenters. The molecular formula is C22H32O4. The van der Waals surface area contributed by atoms with Crippen molar-refractivity contribution in [3.63, 3.8) is 0 Å². The van der Waals surface area contributed by atoms with E-state index in [-0.39, 0.29) is 24.0 Å². The lowest BCUT2D eigenvalue weighted by Crippen LogP contribution is -2.06. The maximum Gasteiger partial charge on any atom is 0.302 e. The Morgan fingerprint density at radius 3 is 2.08 bits per heavy atom. The topological polar surface area (TPSA) is 60.4 Å². The molecule has 0 saturated heterocycles. The van der Waals surface area contributed by atoms with Gasteiger partial charge in [-0.15, -0.1) is 0 Å². The summed E-state index contributed by atoms with van der Waals surface area (Å²) >= 11 is 0. The first-order chi connectivity index (χ1) is 12.1. The predicted octanol–water partition coefficient (Wildman–Crippen LogP) is 5.05. The van der Waals surface area contributed by atoms with Gasteiger partial charge in [0.1, 0.15) is 6.61 Å². The van der Waals surface area contributed by atoms with Gasteiger partial charge >= 0.3 is 5.97 Å². The van der Waals surface area contributed by atoms with E-state index < -0.39 is 0 Å². The van der Waals surface area contributed by atoms with E-state index in [1.165, 1.54) is 6.92 Å². The molecule has 0 atom stereocenters. The number of esters is 1. The van der Waals surface area contributed by atoms with Crippen molar-refractivity contribution < 1.29 is 19.1 Å². The molecule has 4 nitrogen and oxygen atoms in total. The number of ketones is 2. The van der Waals surface area contributed by atoms with E-state index in [9.17, 15) is 14.4 Å². The maximum atomic E-state index is 12.1. The molecule has 0 saturated carbocycles. The minimum atomic E-state index is -0.279. The average molecular weight is 360 g/mol. The Balaban J connectivity index is 4.21. The summed E-state index contributed by atoms with van der Waals surface area (Å²) < 4.78 is 4.87. The van der Waals surface area contributed by atoms with E-state index in [0.29, 0.717) is 25.0 Å². The van der Waals surface area contributed by atoms with Crippen LogP contribution < -0.4 is 0 Å². The molecule has 0 aromatic heterocycles. The summed E-state index contributed by atoms with van der Waals surface area (Å²) in [5, 5.41) is 0. The second-order valence-electron chi connectivity index (χ2n) is 6.83. The molecule has 0 aliphatic carbocycles. The van der Waals surface area contributed by atoms with Gasteiger partial charge in [0.15, 0.2) is 11.6 Å². The summed E-state index contributed by atoms with van der Waals surface area (Å²) in [5.74, 6) is -0.407. The molecule has 0 rings (SSSR count). The fraction of sp³-hybridized carbons (Fsp3) is 0.500. The summed E-state index contributed by atoms with van der Waals surface area (Å²) in [7, 11) is 0. The molecule has 0 radical (unpaired) electrons. The normalized spacial score (nSPS) is 11.7. The third-order valence-electron chi connectivity index (χ3n) is 3.73. The van der Waals surface area contributed by atoms with Crippen LogP contribution in [-0.2, 0) is 19.1 Å². The van der Waals surface area contributed by atoms with E-state index in [4.69, 9.17) is 4.74 Å². The van der Waals surface area contributed by atoms with Crippen molar-refractivity contribution in [1.29, 1.82) is 0 Å². The Morgan fingerprint density at radius 1 is 0.885 bits per heavy atom. The molecule has 0 aliphatic rings. The Hall–Kier alpha value is -2.23. The SMILES string of the molecule is C=C(CC(=O)C=C(C)C)C(=O)CCC(C)=CCCC(C)=CCOC(C)=O. The summed E-state index contributed by atoms with van der Waals surface area (Å²) in [5.41, 5.74) is 3.61. The molecule has 0 aliphatic heterocycles. The number of carbonyl (C=O) groups is 3. The third-order valence-corrected chi connectivity index (χ3v) is 3.73. The Morgan fingerprint density at radius 2 is 1.50 bits per heavy atom. The van der Waals surface area contributed by atoms with Gasteiger partial charge < -0.3 is 4.74 Å². The predicted molar refractivity (Wildman–Crippen MR) is 106 cm³/mol. The highest BCUT2D eigenvalue weighted by atomic mass is 16.5. The van der Waals surface area contributed by atoms with E-state index in [1.54, 1.807) is 6.08 Å². The molecule has 0 aromatic rings. The first-order valence-corrected chi connectivity index (χ1v) is 8.95. The number of carbonyl (C=O) groups excluding carboxylic acids is 3. The van der Waals surface area contributed by atoms with Crippen LogP contribution in [0.15, 0.2) is 47.1 Å². The van der Waals surface area contributed by atoms with Gasteiger partial charge in [-0.2, -0.15) is 0 Å². The van der Waals surface area contributed by atoms with E-state index in [0.717, 1.165) is 29.6 Å². The van der Waals surface area contributed by atoms with Crippen LogP contribution in [0.2, 0.25) is 0 Å². The van der Waals surface area contributed by atoms with Crippen molar-refractivity contribution in [3.8, 4) is 0 Å². The number of rotatable bonds is 12. The van der Waals surface area contributed by atoms with Crippen LogP contribution in [0.1, 0.15) is 66.7 Å². The standard InChI is InChI=1S/C22H32O4/c1-16(2)14-21(24)15-19(5)22(25)11-10-17(3)8-7-9-18(4)12-13-26-20(6)23/h8,12,14H,5,7,9-11,13,15H2,1-4,6H3.